The fourth-order valence-electron chi connectivity index (χ4n) is 1.55. The predicted octanol–water partition coefficient (Wildman–Crippen LogP) is 1.67. The largest absolute Gasteiger partial charge is 0.383 e. The Morgan fingerprint density at radius 1 is 1.40 bits per heavy atom. The molecule has 112 valence electrons. The lowest BCUT2D eigenvalue weighted by Gasteiger charge is -2.08. The topological polar surface area (TPSA) is 101 Å². The molecule has 1 aromatic carbocycles. The van der Waals surface area contributed by atoms with Crippen molar-refractivity contribution in [2.75, 3.05) is 30.9 Å². The van der Waals surface area contributed by atoms with Crippen molar-refractivity contribution in [2.24, 2.45) is 0 Å². The highest BCUT2D eigenvalue weighted by Crippen LogP contribution is 2.26. The molecule has 0 bridgehead atoms. The average Bonchev–Trinajstić information content (AvgIpc) is 2.42. The first-order valence-electron chi connectivity index (χ1n) is 5.87. The second kappa shape index (κ2) is 7.46. The van der Waals surface area contributed by atoms with Gasteiger partial charge in [-0.15, -0.1) is 0 Å². The lowest BCUT2D eigenvalue weighted by molar-refractivity contribution is -0.384. The van der Waals surface area contributed by atoms with Gasteiger partial charge < -0.3 is 5.32 Å². The van der Waals surface area contributed by atoms with E-state index in [4.69, 9.17) is 0 Å². The molecule has 0 aliphatic heterocycles. The molecule has 0 amide bonds. The second-order valence-electron chi connectivity index (χ2n) is 3.93. The van der Waals surface area contributed by atoms with Gasteiger partial charge in [0, 0.05) is 19.7 Å². The molecule has 0 spiro atoms. The van der Waals surface area contributed by atoms with Crippen LogP contribution in [0.5, 0.6) is 0 Å². The van der Waals surface area contributed by atoms with Gasteiger partial charge in [0.2, 0.25) is 10.0 Å². The Labute approximate surface area is 122 Å². The maximum Gasteiger partial charge on any atom is 0.292 e. The Kier molecular flexibility index (Phi) is 6.24. The predicted molar refractivity (Wildman–Crippen MR) is 80.8 cm³/mol. The summed E-state index contributed by atoms with van der Waals surface area (Å²) in [7, 11) is -2.13. The van der Waals surface area contributed by atoms with Crippen molar-refractivity contribution in [2.45, 2.75) is 11.3 Å². The summed E-state index contributed by atoms with van der Waals surface area (Å²) in [5.41, 5.74) is 0.0100. The van der Waals surface area contributed by atoms with Crippen LogP contribution in [0.25, 0.3) is 0 Å². The van der Waals surface area contributed by atoms with Gasteiger partial charge in [0.15, 0.2) is 0 Å². The highest BCUT2D eigenvalue weighted by molar-refractivity contribution is 7.98. The third-order valence-electron chi connectivity index (χ3n) is 2.56. The second-order valence-corrected chi connectivity index (χ2v) is 6.68. The van der Waals surface area contributed by atoms with Gasteiger partial charge in [0.05, 0.1) is 9.82 Å². The Balaban J connectivity index is 2.93. The van der Waals surface area contributed by atoms with Crippen molar-refractivity contribution in [3.8, 4) is 0 Å². The quantitative estimate of drug-likeness (QED) is 0.429. The fraction of sp³-hybridized carbons (Fsp3) is 0.455. The van der Waals surface area contributed by atoms with Crippen molar-refractivity contribution >= 4 is 33.2 Å². The molecule has 7 nitrogen and oxygen atoms in total. The fourth-order valence-corrected chi connectivity index (χ4v) is 3.08. The SMILES string of the molecule is CNc1cc(S(=O)(=O)NCCCSC)ccc1[N+](=O)[O-]. The van der Waals surface area contributed by atoms with Gasteiger partial charge in [-0.1, -0.05) is 0 Å². The highest BCUT2D eigenvalue weighted by atomic mass is 32.2. The van der Waals surface area contributed by atoms with Crippen LogP contribution in [0.2, 0.25) is 0 Å². The van der Waals surface area contributed by atoms with Gasteiger partial charge in [0.25, 0.3) is 5.69 Å². The van der Waals surface area contributed by atoms with Gasteiger partial charge in [-0.3, -0.25) is 10.1 Å². The number of sulfonamides is 1. The standard InChI is InChI=1S/C11H17N3O4S2/c1-12-10-8-9(4-5-11(10)14(15)16)20(17,18)13-6-3-7-19-2/h4-5,8,12-13H,3,6-7H2,1-2H3. The van der Waals surface area contributed by atoms with Crippen LogP contribution >= 0.6 is 11.8 Å². The molecule has 0 aliphatic carbocycles. The summed E-state index contributed by atoms with van der Waals surface area (Å²) >= 11 is 1.64. The van der Waals surface area contributed by atoms with Gasteiger partial charge in [-0.25, -0.2) is 13.1 Å². The Morgan fingerprint density at radius 2 is 2.10 bits per heavy atom. The molecule has 0 aliphatic rings. The number of nitro benzene ring substituents is 1. The molecule has 1 rings (SSSR count). The number of nitrogens with zero attached hydrogens (tertiary/aromatic N) is 1. The molecule has 0 heterocycles. The van der Waals surface area contributed by atoms with Crippen molar-refractivity contribution < 1.29 is 13.3 Å². The van der Waals surface area contributed by atoms with E-state index in [1.54, 1.807) is 11.8 Å². The first kappa shape index (κ1) is 16.7. The third-order valence-corrected chi connectivity index (χ3v) is 4.72. The van der Waals surface area contributed by atoms with E-state index < -0.39 is 14.9 Å². The van der Waals surface area contributed by atoms with Crippen LogP contribution < -0.4 is 10.0 Å². The van der Waals surface area contributed by atoms with E-state index in [9.17, 15) is 18.5 Å². The van der Waals surface area contributed by atoms with Gasteiger partial charge in [-0.05, 0) is 30.6 Å². The van der Waals surface area contributed by atoms with Crippen LogP contribution in [0.1, 0.15) is 6.42 Å². The van der Waals surface area contributed by atoms with Crippen LogP contribution in [0.4, 0.5) is 11.4 Å². The van der Waals surface area contributed by atoms with Crippen molar-refractivity contribution in [3.05, 3.63) is 28.3 Å². The molecule has 9 heteroatoms. The average molecular weight is 319 g/mol. The molecule has 1 aromatic rings. The number of thioether (sulfide) groups is 1. The van der Waals surface area contributed by atoms with E-state index >= 15 is 0 Å². The summed E-state index contributed by atoms with van der Waals surface area (Å²) in [5, 5.41) is 13.4. The number of hydrogen-bond donors (Lipinski definition) is 2. The minimum atomic E-state index is -3.64. The minimum absolute atomic E-state index is 0.0107. The first-order chi connectivity index (χ1) is 9.42. The van der Waals surface area contributed by atoms with Crippen LogP contribution in [-0.4, -0.2) is 38.9 Å². The molecular formula is C11H17N3O4S2. The van der Waals surface area contributed by atoms with Crippen LogP contribution in [0.15, 0.2) is 23.1 Å². The molecule has 0 atom stereocenters. The van der Waals surface area contributed by atoms with E-state index in [2.05, 4.69) is 10.0 Å². The van der Waals surface area contributed by atoms with Gasteiger partial charge >= 0.3 is 0 Å². The van der Waals surface area contributed by atoms with Crippen molar-refractivity contribution in [1.29, 1.82) is 0 Å². The Bertz CT molecular complexity index is 575. The molecule has 0 aromatic heterocycles. The molecule has 0 fully saturated rings. The number of benzene rings is 1. The summed E-state index contributed by atoms with van der Waals surface area (Å²) in [4.78, 5) is 10.2. The summed E-state index contributed by atoms with van der Waals surface area (Å²) in [6.45, 7) is 0.342. The molecule has 0 saturated carbocycles. The van der Waals surface area contributed by atoms with Crippen LogP contribution in [0, 0.1) is 10.1 Å². The number of anilines is 1. The summed E-state index contributed by atoms with van der Waals surface area (Å²) < 4.78 is 26.5. The lowest BCUT2D eigenvalue weighted by Crippen LogP contribution is -2.25. The zero-order valence-corrected chi connectivity index (χ0v) is 12.9. The number of rotatable bonds is 8. The lowest BCUT2D eigenvalue weighted by atomic mass is 10.3. The normalized spacial score (nSPS) is 11.3. The number of nitrogens with one attached hydrogen (secondary N) is 2. The van der Waals surface area contributed by atoms with E-state index in [-0.39, 0.29) is 16.3 Å². The number of nitro groups is 1. The zero-order chi connectivity index (χ0) is 15.2. The van der Waals surface area contributed by atoms with Crippen LogP contribution in [0.3, 0.4) is 0 Å². The van der Waals surface area contributed by atoms with E-state index in [0.717, 1.165) is 12.2 Å². The Morgan fingerprint density at radius 3 is 2.65 bits per heavy atom. The van der Waals surface area contributed by atoms with Crippen molar-refractivity contribution in [1.82, 2.24) is 4.72 Å². The summed E-state index contributed by atoms with van der Waals surface area (Å²) in [6.07, 6.45) is 2.68. The molecule has 0 radical (unpaired) electrons. The highest BCUT2D eigenvalue weighted by Gasteiger charge is 2.19. The third kappa shape index (κ3) is 4.36. The van der Waals surface area contributed by atoms with E-state index in [0.29, 0.717) is 6.54 Å². The van der Waals surface area contributed by atoms with Crippen LogP contribution in [-0.2, 0) is 10.0 Å². The first-order valence-corrected chi connectivity index (χ1v) is 8.75. The van der Waals surface area contributed by atoms with E-state index in [1.165, 1.54) is 25.2 Å². The zero-order valence-electron chi connectivity index (χ0n) is 11.3. The molecule has 0 saturated heterocycles. The molecular weight excluding hydrogens is 302 g/mol. The minimum Gasteiger partial charge on any atom is -0.383 e. The summed E-state index contributed by atoms with van der Waals surface area (Å²) in [6, 6.07) is 3.67. The number of hydrogen-bond acceptors (Lipinski definition) is 6. The molecule has 0 unspecified atom stereocenters. The smallest absolute Gasteiger partial charge is 0.292 e. The Hall–Kier alpha value is -1.32. The van der Waals surface area contributed by atoms with Gasteiger partial charge in [-0.2, -0.15) is 11.8 Å². The molecule has 20 heavy (non-hydrogen) atoms. The summed E-state index contributed by atoms with van der Waals surface area (Å²) in [5.74, 6) is 0.866. The monoisotopic (exact) mass is 319 g/mol. The maximum absolute atomic E-state index is 12.0. The van der Waals surface area contributed by atoms with Gasteiger partial charge in [0.1, 0.15) is 5.69 Å². The molecule has 2 N–H and O–H groups in total. The maximum atomic E-state index is 12.0. The van der Waals surface area contributed by atoms with Crippen molar-refractivity contribution in [3.63, 3.8) is 0 Å². The van der Waals surface area contributed by atoms with E-state index in [1.807, 2.05) is 6.26 Å².